The largest absolute Gasteiger partial charge is 0.475 e. The summed E-state index contributed by atoms with van der Waals surface area (Å²) in [6, 6.07) is 22.5. The van der Waals surface area contributed by atoms with Gasteiger partial charge in [0.2, 0.25) is 5.76 Å². The maximum Gasteiger partial charge on any atom is 0.372 e. The molecule has 158 valence electrons. The number of fused-ring (bicyclic) bond motifs is 1. The van der Waals surface area contributed by atoms with Crippen molar-refractivity contribution in [2.45, 2.75) is 24.8 Å². The van der Waals surface area contributed by atoms with Crippen molar-refractivity contribution >= 4 is 28.9 Å². The number of rotatable bonds is 8. The molecular formula is C25H22FNO3S. The van der Waals surface area contributed by atoms with Crippen LogP contribution in [0, 0.1) is 12.7 Å². The zero-order valence-corrected chi connectivity index (χ0v) is 17.9. The molecule has 0 radical (unpaired) electrons. The molecule has 6 heteroatoms. The summed E-state index contributed by atoms with van der Waals surface area (Å²) in [4.78, 5) is 12.3. The van der Waals surface area contributed by atoms with Gasteiger partial charge in [-0.25, -0.2) is 13.5 Å². The molecule has 0 aliphatic carbocycles. The van der Waals surface area contributed by atoms with Crippen LogP contribution in [0.4, 0.5) is 4.39 Å². The lowest BCUT2D eigenvalue weighted by Gasteiger charge is -2.21. The number of benzene rings is 3. The molecule has 0 aliphatic rings. The Balaban J connectivity index is 1.58. The number of nitrogens with zero attached hydrogens (tertiary/aromatic N) is 1. The van der Waals surface area contributed by atoms with E-state index in [2.05, 4.69) is 16.4 Å². The number of hydrogen-bond donors (Lipinski definition) is 1. The molecule has 4 nitrogen and oxygen atoms in total. The van der Waals surface area contributed by atoms with Gasteiger partial charge >= 0.3 is 5.97 Å². The van der Waals surface area contributed by atoms with E-state index < -0.39 is 5.97 Å². The first-order valence-corrected chi connectivity index (χ1v) is 10.7. The van der Waals surface area contributed by atoms with Crippen LogP contribution in [0.1, 0.15) is 27.2 Å². The number of hydrogen-bond acceptors (Lipinski definition) is 4. The maximum absolute atomic E-state index is 13.7. The number of halogens is 1. The Bertz CT molecular complexity index is 1210. The van der Waals surface area contributed by atoms with E-state index in [1.54, 1.807) is 37.1 Å². The molecule has 0 saturated heterocycles. The molecule has 0 unspecified atom stereocenters. The highest BCUT2D eigenvalue weighted by atomic mass is 32.2. The summed E-state index contributed by atoms with van der Waals surface area (Å²) < 4.78 is 21.4. The highest BCUT2D eigenvalue weighted by Gasteiger charge is 2.18. The van der Waals surface area contributed by atoms with E-state index in [0.29, 0.717) is 17.7 Å². The molecule has 0 aliphatic heterocycles. The van der Waals surface area contributed by atoms with E-state index in [0.717, 1.165) is 28.8 Å². The smallest absolute Gasteiger partial charge is 0.372 e. The molecule has 0 fully saturated rings. The Kier molecular flexibility index (Phi) is 6.39. The fraction of sp³-hybridized carbons (Fsp3) is 0.160. The highest BCUT2D eigenvalue weighted by Crippen LogP contribution is 2.32. The van der Waals surface area contributed by atoms with Crippen molar-refractivity contribution in [2.75, 3.05) is 6.54 Å². The molecule has 1 N–H and O–H groups in total. The lowest BCUT2D eigenvalue weighted by Crippen LogP contribution is -2.18. The Labute approximate surface area is 184 Å². The summed E-state index contributed by atoms with van der Waals surface area (Å²) in [5.74, 6) is -1.35. The van der Waals surface area contributed by atoms with Gasteiger partial charge in [0.15, 0.2) is 0 Å². The van der Waals surface area contributed by atoms with E-state index in [1.807, 2.05) is 36.4 Å². The summed E-state index contributed by atoms with van der Waals surface area (Å²) in [5.41, 5.74) is 3.31. The van der Waals surface area contributed by atoms with Crippen molar-refractivity contribution in [3.63, 3.8) is 0 Å². The fourth-order valence-electron chi connectivity index (χ4n) is 3.50. The van der Waals surface area contributed by atoms with Crippen molar-refractivity contribution in [3.05, 3.63) is 101 Å². The number of furan rings is 1. The minimum absolute atomic E-state index is 0.0298. The first-order valence-electron chi connectivity index (χ1n) is 9.97. The van der Waals surface area contributed by atoms with Crippen LogP contribution in [0.15, 0.2) is 82.1 Å². The quantitative estimate of drug-likeness (QED) is 0.328. The van der Waals surface area contributed by atoms with Gasteiger partial charge in [0.05, 0.1) is 0 Å². The summed E-state index contributed by atoms with van der Waals surface area (Å²) in [6.45, 7) is 3.11. The molecular weight excluding hydrogens is 413 g/mol. The number of carboxylic acid groups (broad SMARTS) is 1. The summed E-state index contributed by atoms with van der Waals surface area (Å²) in [6.07, 6.45) is 0.860. The molecule has 1 heterocycles. The van der Waals surface area contributed by atoms with E-state index >= 15 is 0 Å². The van der Waals surface area contributed by atoms with Gasteiger partial charge in [-0.2, -0.15) is 0 Å². The van der Waals surface area contributed by atoms with Gasteiger partial charge in [-0.05, 0) is 66.8 Å². The monoisotopic (exact) mass is 435 g/mol. The lowest BCUT2D eigenvalue weighted by atomic mass is 10.1. The predicted molar refractivity (Wildman–Crippen MR) is 121 cm³/mol. The first kappa shape index (κ1) is 21.2. The Morgan fingerprint density at radius 1 is 1.03 bits per heavy atom. The Morgan fingerprint density at radius 3 is 2.55 bits per heavy atom. The molecule has 0 saturated carbocycles. The van der Waals surface area contributed by atoms with Crippen LogP contribution in [0.3, 0.4) is 0 Å². The fourth-order valence-corrected chi connectivity index (χ4v) is 4.50. The van der Waals surface area contributed by atoms with E-state index in [-0.39, 0.29) is 11.6 Å². The van der Waals surface area contributed by atoms with Crippen LogP contribution in [0.2, 0.25) is 0 Å². The second-order valence-electron chi connectivity index (χ2n) is 7.34. The van der Waals surface area contributed by atoms with E-state index in [9.17, 15) is 14.3 Å². The second kappa shape index (κ2) is 9.37. The topological polar surface area (TPSA) is 53.7 Å². The molecule has 3 aromatic carbocycles. The highest BCUT2D eigenvalue weighted by molar-refractivity contribution is 7.97. The SMILES string of the molecule is Cc1c(C(=O)O)oc2ccc(SN(CCc3ccccc3)Cc3cccc(F)c3)cc12. The number of carboxylic acids is 1. The minimum atomic E-state index is -1.07. The van der Waals surface area contributed by atoms with Gasteiger partial charge in [-0.3, -0.25) is 0 Å². The minimum Gasteiger partial charge on any atom is -0.475 e. The molecule has 0 bridgehead atoms. The molecule has 0 spiro atoms. The molecule has 0 atom stereocenters. The van der Waals surface area contributed by atoms with E-state index in [4.69, 9.17) is 4.42 Å². The van der Waals surface area contributed by atoms with Crippen molar-refractivity contribution in [1.29, 1.82) is 0 Å². The van der Waals surface area contributed by atoms with Crippen molar-refractivity contribution < 1.29 is 18.7 Å². The van der Waals surface area contributed by atoms with Crippen LogP contribution in [-0.4, -0.2) is 21.9 Å². The zero-order valence-electron chi connectivity index (χ0n) is 17.0. The maximum atomic E-state index is 13.7. The summed E-state index contributed by atoms with van der Waals surface area (Å²) in [5, 5.41) is 10.1. The third kappa shape index (κ3) is 5.16. The van der Waals surface area contributed by atoms with Gasteiger partial charge in [0.1, 0.15) is 11.4 Å². The van der Waals surface area contributed by atoms with Crippen LogP contribution in [-0.2, 0) is 13.0 Å². The van der Waals surface area contributed by atoms with Gasteiger partial charge in [-0.15, -0.1) is 0 Å². The third-order valence-electron chi connectivity index (χ3n) is 5.08. The van der Waals surface area contributed by atoms with E-state index in [1.165, 1.54) is 11.6 Å². The van der Waals surface area contributed by atoms with Crippen LogP contribution in [0.25, 0.3) is 11.0 Å². The average molecular weight is 436 g/mol. The predicted octanol–water partition coefficient (Wildman–Crippen LogP) is 6.33. The van der Waals surface area contributed by atoms with Crippen LogP contribution in [0.5, 0.6) is 0 Å². The standard InChI is InChI=1S/C25H22FNO3S/c1-17-22-15-21(10-11-23(22)30-24(17)25(28)29)31-27(13-12-18-6-3-2-4-7-18)16-19-8-5-9-20(26)14-19/h2-11,14-15H,12-13,16H2,1H3,(H,28,29). The summed E-state index contributed by atoms with van der Waals surface area (Å²) >= 11 is 1.57. The van der Waals surface area contributed by atoms with Gasteiger partial charge in [0, 0.05) is 28.9 Å². The molecule has 4 aromatic rings. The third-order valence-corrected chi connectivity index (χ3v) is 6.11. The number of carbonyl (C=O) groups is 1. The Morgan fingerprint density at radius 2 is 1.81 bits per heavy atom. The van der Waals surface area contributed by atoms with Crippen molar-refractivity contribution in [2.24, 2.45) is 0 Å². The molecule has 31 heavy (non-hydrogen) atoms. The van der Waals surface area contributed by atoms with Crippen molar-refractivity contribution in [1.82, 2.24) is 4.31 Å². The van der Waals surface area contributed by atoms with Crippen LogP contribution >= 0.6 is 11.9 Å². The number of aryl methyl sites for hydroxylation is 1. The Hall–Kier alpha value is -3.09. The van der Waals surface area contributed by atoms with Gasteiger partial charge < -0.3 is 9.52 Å². The number of aromatic carboxylic acids is 1. The molecule has 1 aromatic heterocycles. The normalized spacial score (nSPS) is 11.3. The average Bonchev–Trinajstić information content (AvgIpc) is 3.09. The van der Waals surface area contributed by atoms with Crippen LogP contribution < -0.4 is 0 Å². The molecule has 4 rings (SSSR count). The van der Waals surface area contributed by atoms with Crippen molar-refractivity contribution in [3.8, 4) is 0 Å². The van der Waals surface area contributed by atoms with Gasteiger partial charge in [0.25, 0.3) is 0 Å². The second-order valence-corrected chi connectivity index (χ2v) is 8.51. The zero-order chi connectivity index (χ0) is 21.8. The van der Waals surface area contributed by atoms with Gasteiger partial charge in [-0.1, -0.05) is 42.5 Å². The molecule has 0 amide bonds. The lowest BCUT2D eigenvalue weighted by molar-refractivity contribution is 0.0664. The first-order chi connectivity index (χ1) is 15.0. The summed E-state index contributed by atoms with van der Waals surface area (Å²) in [7, 11) is 0.